The summed E-state index contributed by atoms with van der Waals surface area (Å²) in [4.78, 5) is 0. The molecule has 28 heavy (non-hydrogen) atoms. The van der Waals surface area contributed by atoms with Crippen LogP contribution in [0.25, 0.3) is 0 Å². The maximum atomic E-state index is 13.4. The number of ether oxygens (including phenoxy) is 1. The molecule has 2 nitrogen and oxygen atoms in total. The van der Waals surface area contributed by atoms with Crippen LogP contribution in [0, 0.1) is 0 Å². The van der Waals surface area contributed by atoms with E-state index in [1.54, 1.807) is 31.2 Å². The Balaban J connectivity index is 1.87. The van der Waals surface area contributed by atoms with Gasteiger partial charge in [0.05, 0.1) is 5.56 Å². The lowest BCUT2D eigenvalue weighted by Gasteiger charge is -2.30. The lowest BCUT2D eigenvalue weighted by molar-refractivity contribution is -0.140. The Kier molecular flexibility index (Phi) is 5.75. The smallest absolute Gasteiger partial charge is 0.416 e. The molecule has 0 aliphatic carbocycles. The quantitative estimate of drug-likeness (QED) is 0.569. The molecule has 3 aromatic carbocycles. The van der Waals surface area contributed by atoms with E-state index in [-0.39, 0.29) is 12.0 Å². The lowest BCUT2D eigenvalue weighted by atomic mass is 9.81. The Morgan fingerprint density at radius 1 is 0.786 bits per heavy atom. The summed E-state index contributed by atoms with van der Waals surface area (Å²) in [6, 6.07) is 21.3. The van der Waals surface area contributed by atoms with Gasteiger partial charge in [-0.05, 0) is 35.7 Å². The molecule has 0 aliphatic heterocycles. The van der Waals surface area contributed by atoms with Crippen LogP contribution in [0.4, 0.5) is 13.2 Å². The third-order valence-electron chi connectivity index (χ3n) is 4.77. The summed E-state index contributed by atoms with van der Waals surface area (Å²) < 4.78 is 46.0. The van der Waals surface area contributed by atoms with Gasteiger partial charge in [0.1, 0.15) is 18.0 Å². The summed E-state index contributed by atoms with van der Waals surface area (Å²) in [7, 11) is 0. The highest BCUT2D eigenvalue weighted by Gasteiger charge is 2.40. The van der Waals surface area contributed by atoms with E-state index in [1.807, 2.05) is 30.3 Å². The predicted molar refractivity (Wildman–Crippen MR) is 102 cm³/mol. The second-order valence-electron chi connectivity index (χ2n) is 6.56. The number of hydrogen-bond acceptors (Lipinski definition) is 2. The van der Waals surface area contributed by atoms with Crippen LogP contribution in [0.15, 0.2) is 78.9 Å². The van der Waals surface area contributed by atoms with Gasteiger partial charge < -0.3 is 9.84 Å². The van der Waals surface area contributed by atoms with Crippen LogP contribution in [0.1, 0.15) is 35.6 Å². The molecule has 3 rings (SSSR count). The molecule has 1 unspecified atom stereocenters. The average Bonchev–Trinajstić information content (AvgIpc) is 2.72. The summed E-state index contributed by atoms with van der Waals surface area (Å²) in [5.74, 6) is 0.579. The van der Waals surface area contributed by atoms with Gasteiger partial charge in [0.2, 0.25) is 0 Å². The van der Waals surface area contributed by atoms with Crippen molar-refractivity contribution in [1.82, 2.24) is 0 Å². The fraction of sp³-hybridized carbons (Fsp3) is 0.217. The van der Waals surface area contributed by atoms with E-state index >= 15 is 0 Å². The fourth-order valence-electron chi connectivity index (χ4n) is 3.21. The van der Waals surface area contributed by atoms with Crippen molar-refractivity contribution in [3.05, 3.63) is 101 Å². The van der Waals surface area contributed by atoms with Gasteiger partial charge in [0.25, 0.3) is 0 Å². The summed E-state index contributed by atoms with van der Waals surface area (Å²) in [5, 5.41) is 11.2. The minimum Gasteiger partial charge on any atom is -0.489 e. The van der Waals surface area contributed by atoms with Crippen molar-refractivity contribution in [1.29, 1.82) is 0 Å². The summed E-state index contributed by atoms with van der Waals surface area (Å²) in [5.41, 5.74) is -1.33. The van der Waals surface area contributed by atoms with Crippen molar-refractivity contribution in [3.63, 3.8) is 0 Å². The first-order valence-corrected chi connectivity index (χ1v) is 9.01. The van der Waals surface area contributed by atoms with Gasteiger partial charge in [0.15, 0.2) is 0 Å². The zero-order valence-electron chi connectivity index (χ0n) is 15.4. The van der Waals surface area contributed by atoms with Crippen molar-refractivity contribution >= 4 is 0 Å². The number of aliphatic hydroxyl groups is 1. The molecule has 0 aromatic heterocycles. The monoisotopic (exact) mass is 386 g/mol. The Hall–Kier alpha value is -2.79. The lowest BCUT2D eigenvalue weighted by Crippen LogP contribution is -2.29. The third-order valence-corrected chi connectivity index (χ3v) is 4.77. The number of halogens is 3. The summed E-state index contributed by atoms with van der Waals surface area (Å²) in [6.07, 6.45) is -4.44. The highest BCUT2D eigenvalue weighted by atomic mass is 19.4. The van der Waals surface area contributed by atoms with E-state index in [0.29, 0.717) is 17.9 Å². The topological polar surface area (TPSA) is 29.5 Å². The van der Waals surface area contributed by atoms with Gasteiger partial charge in [-0.2, -0.15) is 13.2 Å². The highest BCUT2D eigenvalue weighted by Crippen LogP contribution is 2.41. The fourth-order valence-corrected chi connectivity index (χ4v) is 3.21. The molecule has 5 heteroatoms. The number of benzene rings is 3. The van der Waals surface area contributed by atoms with Crippen LogP contribution in [-0.2, 0) is 18.4 Å². The van der Waals surface area contributed by atoms with Crippen molar-refractivity contribution < 1.29 is 23.0 Å². The molecular formula is C23H21F3O2. The highest BCUT2D eigenvalue weighted by molar-refractivity contribution is 5.43. The van der Waals surface area contributed by atoms with Crippen LogP contribution in [0.5, 0.6) is 5.75 Å². The normalized spacial score (nSPS) is 13.8. The molecule has 1 atom stereocenters. The minimum absolute atomic E-state index is 0.102. The van der Waals surface area contributed by atoms with Gasteiger partial charge in [-0.15, -0.1) is 0 Å². The zero-order chi connectivity index (χ0) is 20.2. The predicted octanol–water partition coefficient (Wildman–Crippen LogP) is 5.93. The van der Waals surface area contributed by atoms with Crippen LogP contribution in [-0.4, -0.2) is 5.11 Å². The van der Waals surface area contributed by atoms with Gasteiger partial charge in [-0.1, -0.05) is 67.6 Å². The second kappa shape index (κ2) is 8.07. The molecule has 3 aromatic rings. The molecule has 0 radical (unpaired) electrons. The van der Waals surface area contributed by atoms with Gasteiger partial charge in [-0.25, -0.2) is 0 Å². The van der Waals surface area contributed by atoms with E-state index in [9.17, 15) is 18.3 Å². The zero-order valence-corrected chi connectivity index (χ0v) is 15.4. The van der Waals surface area contributed by atoms with Gasteiger partial charge >= 0.3 is 6.18 Å². The first kappa shape index (κ1) is 20.0. The maximum Gasteiger partial charge on any atom is 0.416 e. The second-order valence-corrected chi connectivity index (χ2v) is 6.56. The summed E-state index contributed by atoms with van der Waals surface area (Å²) >= 11 is 0. The Morgan fingerprint density at radius 2 is 1.36 bits per heavy atom. The molecule has 0 saturated heterocycles. The Morgan fingerprint density at radius 3 is 1.93 bits per heavy atom. The Bertz CT molecular complexity index is 905. The van der Waals surface area contributed by atoms with Crippen molar-refractivity contribution in [2.24, 2.45) is 0 Å². The van der Waals surface area contributed by atoms with Crippen molar-refractivity contribution in [3.8, 4) is 5.75 Å². The molecule has 1 N–H and O–H groups in total. The number of hydrogen-bond donors (Lipinski definition) is 1. The molecule has 0 spiro atoms. The minimum atomic E-state index is -4.54. The van der Waals surface area contributed by atoms with Crippen LogP contribution >= 0.6 is 0 Å². The van der Waals surface area contributed by atoms with Crippen LogP contribution in [0.3, 0.4) is 0 Å². The first-order chi connectivity index (χ1) is 13.3. The van der Waals surface area contributed by atoms with Crippen molar-refractivity contribution in [2.45, 2.75) is 31.7 Å². The van der Waals surface area contributed by atoms with E-state index < -0.39 is 17.3 Å². The van der Waals surface area contributed by atoms with Gasteiger partial charge in [0, 0.05) is 5.56 Å². The Labute approximate surface area is 162 Å². The van der Waals surface area contributed by atoms with E-state index in [0.717, 1.165) is 11.6 Å². The van der Waals surface area contributed by atoms with Crippen LogP contribution in [0.2, 0.25) is 0 Å². The molecule has 0 amide bonds. The molecule has 0 bridgehead atoms. The van der Waals surface area contributed by atoms with Crippen molar-refractivity contribution in [2.75, 3.05) is 0 Å². The molecule has 0 fully saturated rings. The van der Waals surface area contributed by atoms with Crippen LogP contribution < -0.4 is 4.74 Å². The molecular weight excluding hydrogens is 365 g/mol. The van der Waals surface area contributed by atoms with E-state index in [1.165, 1.54) is 18.2 Å². The number of alkyl halides is 3. The van der Waals surface area contributed by atoms with Gasteiger partial charge in [-0.3, -0.25) is 0 Å². The molecule has 0 aliphatic rings. The first-order valence-electron chi connectivity index (χ1n) is 9.01. The molecule has 0 heterocycles. The molecule has 146 valence electrons. The SMILES string of the molecule is CCC(O)(c1ccc(OCc2ccccc2)cc1)c1ccccc1C(F)(F)F. The third kappa shape index (κ3) is 4.20. The largest absolute Gasteiger partial charge is 0.489 e. The molecule has 0 saturated carbocycles. The van der Waals surface area contributed by atoms with E-state index in [4.69, 9.17) is 4.74 Å². The van der Waals surface area contributed by atoms with E-state index in [2.05, 4.69) is 0 Å². The maximum absolute atomic E-state index is 13.4. The summed E-state index contributed by atoms with van der Waals surface area (Å²) in [6.45, 7) is 2.04. The number of rotatable bonds is 6. The standard InChI is InChI=1S/C23H21F3O2/c1-2-22(27,20-10-6-7-11-21(20)23(24,25)26)18-12-14-19(15-13-18)28-16-17-8-4-3-5-9-17/h3-15,27H,2,16H2,1H3. The average molecular weight is 386 g/mol.